The van der Waals surface area contributed by atoms with E-state index >= 15 is 0 Å². The first-order valence-electron chi connectivity index (χ1n) is 8.18. The number of nitrogens with two attached hydrogens (primary N) is 1. The van der Waals surface area contributed by atoms with Gasteiger partial charge in [-0.1, -0.05) is 50.3 Å². The molecule has 0 radical (unpaired) electrons. The lowest BCUT2D eigenvalue weighted by Crippen LogP contribution is -2.34. The summed E-state index contributed by atoms with van der Waals surface area (Å²) in [5, 5.41) is 1.87. The first kappa shape index (κ1) is 15.9. The molecule has 0 saturated heterocycles. The Morgan fingerprint density at radius 3 is 2.00 bits per heavy atom. The van der Waals surface area contributed by atoms with E-state index in [0.717, 1.165) is 30.0 Å². The summed E-state index contributed by atoms with van der Waals surface area (Å²) in [6.45, 7) is 3.75. The van der Waals surface area contributed by atoms with E-state index < -0.39 is 5.79 Å². The molecular formula is C18H27N3. The zero-order valence-electron chi connectivity index (χ0n) is 12.9. The molecule has 2 rings (SSSR count). The second-order valence-electron chi connectivity index (χ2n) is 5.89. The number of nitrogens with zero attached hydrogens (tertiary/aromatic N) is 2. The molecule has 1 aromatic carbocycles. The van der Waals surface area contributed by atoms with Crippen molar-refractivity contribution >= 4 is 0 Å². The van der Waals surface area contributed by atoms with Gasteiger partial charge in [0.2, 0.25) is 5.79 Å². The molecule has 3 heteroatoms. The summed E-state index contributed by atoms with van der Waals surface area (Å²) in [4.78, 5) is 9.11. The Morgan fingerprint density at radius 1 is 0.905 bits per heavy atom. The minimum atomic E-state index is -0.715. The maximum Gasteiger partial charge on any atom is 0.203 e. The van der Waals surface area contributed by atoms with Crippen LogP contribution in [0.15, 0.2) is 46.9 Å². The maximum absolute atomic E-state index is 6.26. The molecule has 2 N–H and O–H groups in total. The number of hydrogen-bond donors (Lipinski definition) is 1. The van der Waals surface area contributed by atoms with Gasteiger partial charge in [-0.2, -0.15) is 0 Å². The molecule has 0 aliphatic carbocycles. The van der Waals surface area contributed by atoms with Gasteiger partial charge >= 0.3 is 0 Å². The summed E-state index contributed by atoms with van der Waals surface area (Å²) in [7, 11) is 0. The number of hydrogen-bond acceptors (Lipinski definition) is 3. The van der Waals surface area contributed by atoms with E-state index in [1.807, 2.05) is 30.3 Å². The molecule has 0 unspecified atom stereocenters. The Labute approximate surface area is 127 Å². The van der Waals surface area contributed by atoms with Crippen molar-refractivity contribution in [2.24, 2.45) is 15.7 Å². The van der Waals surface area contributed by atoms with Gasteiger partial charge in [-0.05, 0) is 31.4 Å². The molecular weight excluding hydrogens is 258 g/mol. The summed E-state index contributed by atoms with van der Waals surface area (Å²) < 4.78 is 0. The second kappa shape index (κ2) is 8.08. The highest BCUT2D eigenvalue weighted by Gasteiger charge is 2.24. The fourth-order valence-electron chi connectivity index (χ4n) is 2.76. The minimum Gasteiger partial charge on any atom is -0.288 e. The molecule has 3 nitrogen and oxygen atoms in total. The summed E-state index contributed by atoms with van der Waals surface area (Å²) in [5.41, 5.74) is 6.26. The quantitative estimate of drug-likeness (QED) is 0.520. The molecule has 114 valence electrons. The van der Waals surface area contributed by atoms with E-state index in [-0.39, 0.29) is 0 Å². The van der Waals surface area contributed by atoms with E-state index in [0.29, 0.717) is 0 Å². The zero-order valence-corrected chi connectivity index (χ0v) is 12.9. The summed E-state index contributed by atoms with van der Waals surface area (Å²) in [5.74, 6) is -0.715. The SMILES string of the molecule is C=CCCCCCCCCCC1(N)N=c2ccccc2=N1. The molecule has 0 atom stereocenters. The lowest BCUT2D eigenvalue weighted by atomic mass is 10.1. The van der Waals surface area contributed by atoms with Crippen molar-refractivity contribution in [1.29, 1.82) is 0 Å². The summed E-state index contributed by atoms with van der Waals surface area (Å²) in [6, 6.07) is 7.93. The summed E-state index contributed by atoms with van der Waals surface area (Å²) in [6.07, 6.45) is 12.9. The predicted octanol–water partition coefficient (Wildman–Crippen LogP) is 3.25. The van der Waals surface area contributed by atoms with Gasteiger partial charge in [0.15, 0.2) is 0 Å². The van der Waals surface area contributed by atoms with Crippen molar-refractivity contribution in [3.8, 4) is 0 Å². The molecule has 0 saturated carbocycles. The molecule has 1 aliphatic heterocycles. The Bertz CT molecular complexity index is 527. The highest BCUT2D eigenvalue weighted by Crippen LogP contribution is 2.17. The average molecular weight is 285 g/mol. The summed E-state index contributed by atoms with van der Waals surface area (Å²) >= 11 is 0. The third kappa shape index (κ3) is 5.09. The van der Waals surface area contributed by atoms with Crippen molar-refractivity contribution < 1.29 is 0 Å². The lowest BCUT2D eigenvalue weighted by molar-refractivity contribution is 0.402. The van der Waals surface area contributed by atoms with Crippen LogP contribution in [-0.4, -0.2) is 5.79 Å². The van der Waals surface area contributed by atoms with Crippen LogP contribution in [0.4, 0.5) is 0 Å². The van der Waals surface area contributed by atoms with Gasteiger partial charge in [0.25, 0.3) is 0 Å². The maximum atomic E-state index is 6.26. The topological polar surface area (TPSA) is 50.7 Å². The first-order valence-corrected chi connectivity index (χ1v) is 8.18. The molecule has 0 spiro atoms. The van der Waals surface area contributed by atoms with Crippen molar-refractivity contribution in [2.75, 3.05) is 0 Å². The van der Waals surface area contributed by atoms with E-state index in [1.54, 1.807) is 0 Å². The van der Waals surface area contributed by atoms with E-state index in [1.165, 1.54) is 38.5 Å². The van der Waals surface area contributed by atoms with Crippen LogP contribution in [0.2, 0.25) is 0 Å². The number of rotatable bonds is 10. The Hall–Kier alpha value is -1.48. The van der Waals surface area contributed by atoms with Gasteiger partial charge in [-0.25, -0.2) is 9.98 Å². The normalized spacial score (nSPS) is 15.1. The molecule has 0 amide bonds. The van der Waals surface area contributed by atoms with Gasteiger partial charge in [0.05, 0.1) is 10.7 Å². The molecule has 0 fully saturated rings. The van der Waals surface area contributed by atoms with E-state index in [9.17, 15) is 0 Å². The highest BCUT2D eigenvalue weighted by molar-refractivity contribution is 5.06. The number of para-hydroxylation sites is 2. The first-order chi connectivity index (χ1) is 10.2. The van der Waals surface area contributed by atoms with Crippen molar-refractivity contribution in [3.63, 3.8) is 0 Å². The third-order valence-electron chi connectivity index (χ3n) is 3.96. The van der Waals surface area contributed by atoms with E-state index in [4.69, 9.17) is 5.73 Å². The Morgan fingerprint density at radius 2 is 1.43 bits per heavy atom. The zero-order chi connectivity index (χ0) is 15.0. The molecule has 21 heavy (non-hydrogen) atoms. The third-order valence-corrected chi connectivity index (χ3v) is 3.96. The number of allylic oxidation sites excluding steroid dienone is 1. The van der Waals surface area contributed by atoms with Crippen LogP contribution in [0, 0.1) is 0 Å². The second-order valence-corrected chi connectivity index (χ2v) is 5.89. The Kier molecular flexibility index (Phi) is 6.12. The predicted molar refractivity (Wildman–Crippen MR) is 87.4 cm³/mol. The van der Waals surface area contributed by atoms with Crippen molar-refractivity contribution in [2.45, 2.75) is 63.6 Å². The highest BCUT2D eigenvalue weighted by atomic mass is 15.2. The lowest BCUT2D eigenvalue weighted by Gasteiger charge is -2.16. The average Bonchev–Trinajstić information content (AvgIpc) is 2.82. The van der Waals surface area contributed by atoms with Crippen LogP contribution in [0.25, 0.3) is 0 Å². The molecule has 0 aromatic heterocycles. The van der Waals surface area contributed by atoms with Gasteiger partial charge < -0.3 is 0 Å². The van der Waals surface area contributed by atoms with Gasteiger partial charge in [-0.3, -0.25) is 5.73 Å². The van der Waals surface area contributed by atoms with Crippen LogP contribution in [-0.2, 0) is 0 Å². The van der Waals surface area contributed by atoms with Crippen LogP contribution < -0.4 is 16.4 Å². The standard InChI is InChI=1S/C18H27N3/c1-2-3-4-5-6-7-8-9-12-15-18(19)20-16-13-10-11-14-17(16)21-18/h2,10-11,13-14H,1,3-9,12,15,19H2. The van der Waals surface area contributed by atoms with Crippen LogP contribution in [0.5, 0.6) is 0 Å². The smallest absolute Gasteiger partial charge is 0.203 e. The monoisotopic (exact) mass is 285 g/mol. The molecule has 0 bridgehead atoms. The number of fused-ring (bicyclic) bond motifs is 1. The molecule has 1 heterocycles. The van der Waals surface area contributed by atoms with Crippen LogP contribution in [0.1, 0.15) is 57.8 Å². The van der Waals surface area contributed by atoms with Crippen LogP contribution in [0.3, 0.4) is 0 Å². The largest absolute Gasteiger partial charge is 0.288 e. The van der Waals surface area contributed by atoms with E-state index in [2.05, 4.69) is 16.6 Å². The fraction of sp³-hybridized carbons (Fsp3) is 0.556. The molecule has 1 aliphatic rings. The Balaban J connectivity index is 1.62. The van der Waals surface area contributed by atoms with Gasteiger partial charge in [0, 0.05) is 6.42 Å². The minimum absolute atomic E-state index is 0.715. The molecule has 1 aromatic rings. The van der Waals surface area contributed by atoms with Crippen molar-refractivity contribution in [1.82, 2.24) is 0 Å². The van der Waals surface area contributed by atoms with Crippen LogP contribution >= 0.6 is 0 Å². The van der Waals surface area contributed by atoms with Gasteiger partial charge in [0.1, 0.15) is 0 Å². The number of unbranched alkanes of at least 4 members (excludes halogenated alkanes) is 7. The van der Waals surface area contributed by atoms with Crippen molar-refractivity contribution in [3.05, 3.63) is 47.6 Å². The van der Waals surface area contributed by atoms with Gasteiger partial charge in [-0.15, -0.1) is 6.58 Å². The fourth-order valence-corrected chi connectivity index (χ4v) is 2.76. The number of benzene rings is 1.